The molecule has 0 spiro atoms. The fourth-order valence-corrected chi connectivity index (χ4v) is 2.89. The number of fused-ring (bicyclic) bond motifs is 3. The Hall–Kier alpha value is -3.32. The zero-order chi connectivity index (χ0) is 20.6. The molecule has 28 heavy (non-hydrogen) atoms. The van der Waals surface area contributed by atoms with Crippen molar-refractivity contribution in [2.24, 2.45) is 5.73 Å². The second-order valence-electron chi connectivity index (χ2n) is 6.13. The predicted octanol–water partition coefficient (Wildman–Crippen LogP) is 1.40. The van der Waals surface area contributed by atoms with Gasteiger partial charge in [0, 0.05) is 11.5 Å². The van der Waals surface area contributed by atoms with Gasteiger partial charge < -0.3 is 15.6 Å². The van der Waals surface area contributed by atoms with E-state index in [0.717, 1.165) is 4.68 Å². The van der Waals surface area contributed by atoms with Crippen LogP contribution in [0.2, 0.25) is 0 Å². The molecule has 0 saturated carbocycles. The number of aliphatic hydroxyl groups is 1. The number of alkyl halides is 3. The predicted molar refractivity (Wildman–Crippen MR) is 89.9 cm³/mol. The van der Waals surface area contributed by atoms with Crippen LogP contribution in [0.15, 0.2) is 18.2 Å². The maximum absolute atomic E-state index is 13.7. The molecule has 0 saturated heterocycles. The van der Waals surface area contributed by atoms with Gasteiger partial charge in [-0.2, -0.15) is 18.3 Å². The van der Waals surface area contributed by atoms with E-state index in [2.05, 4.69) is 16.9 Å². The molecule has 1 aliphatic rings. The summed E-state index contributed by atoms with van der Waals surface area (Å²) in [4.78, 5) is 22.1. The molecule has 1 aromatic carbocycles. The molecule has 3 rings (SSSR count). The molecule has 2 aromatic rings. The van der Waals surface area contributed by atoms with E-state index >= 15 is 0 Å². The Kier molecular flexibility index (Phi) is 4.87. The number of halogens is 3. The minimum atomic E-state index is -4.85. The van der Waals surface area contributed by atoms with E-state index in [-0.39, 0.29) is 30.0 Å². The summed E-state index contributed by atoms with van der Waals surface area (Å²) in [6, 6.07) is 4.38. The van der Waals surface area contributed by atoms with Crippen molar-refractivity contribution in [3.8, 4) is 23.3 Å². The van der Waals surface area contributed by atoms with E-state index in [9.17, 15) is 27.9 Å². The lowest BCUT2D eigenvalue weighted by molar-refractivity contribution is -0.138. The van der Waals surface area contributed by atoms with Crippen molar-refractivity contribution in [3.63, 3.8) is 0 Å². The standard InChI is InChI=1S/C18H14F3N3O4/c1-9-8-28-13-5-3-10(2-4-11(26)7-25)6-12(13)24-16(9)14(18(19,20)21)15(23-24)17(22)27/h3,5-7,9,11,26H,8H2,1H3,(H2,22,27). The Bertz CT molecular complexity index is 1020. The van der Waals surface area contributed by atoms with Crippen LogP contribution in [-0.2, 0) is 11.0 Å². The molecule has 1 aromatic heterocycles. The molecule has 0 fully saturated rings. The summed E-state index contributed by atoms with van der Waals surface area (Å²) < 4.78 is 47.5. The molecule has 3 N–H and O–H groups in total. The van der Waals surface area contributed by atoms with Gasteiger partial charge in [0.05, 0.1) is 12.3 Å². The van der Waals surface area contributed by atoms with Gasteiger partial charge >= 0.3 is 6.18 Å². The molecule has 1 aliphatic heterocycles. The average Bonchev–Trinajstić information content (AvgIpc) is 3.00. The van der Waals surface area contributed by atoms with Crippen molar-refractivity contribution in [2.45, 2.75) is 25.1 Å². The quantitative estimate of drug-likeness (QED) is 0.592. The molecule has 2 heterocycles. The number of aliphatic hydroxyl groups excluding tert-OH is 1. The van der Waals surface area contributed by atoms with Crippen LogP contribution in [-0.4, -0.2) is 39.8 Å². The number of carbonyl (C=O) groups is 2. The van der Waals surface area contributed by atoms with Gasteiger partial charge in [-0.1, -0.05) is 18.8 Å². The summed E-state index contributed by atoms with van der Waals surface area (Å²) in [6.45, 7) is 1.44. The summed E-state index contributed by atoms with van der Waals surface area (Å²) >= 11 is 0. The first-order chi connectivity index (χ1) is 13.1. The van der Waals surface area contributed by atoms with Crippen molar-refractivity contribution in [1.82, 2.24) is 9.78 Å². The molecule has 0 aliphatic carbocycles. The van der Waals surface area contributed by atoms with Crippen LogP contribution < -0.4 is 10.5 Å². The van der Waals surface area contributed by atoms with Gasteiger partial charge in [-0.3, -0.25) is 9.59 Å². The first-order valence-electron chi connectivity index (χ1n) is 8.05. The molecule has 2 unspecified atom stereocenters. The van der Waals surface area contributed by atoms with Crippen LogP contribution in [0.3, 0.4) is 0 Å². The number of aldehydes is 1. The van der Waals surface area contributed by atoms with Gasteiger partial charge in [0.1, 0.15) is 17.0 Å². The maximum atomic E-state index is 13.7. The normalized spacial score (nSPS) is 16.5. The third kappa shape index (κ3) is 3.44. The number of nitrogens with two attached hydrogens (primary N) is 1. The lowest BCUT2D eigenvalue weighted by Crippen LogP contribution is -2.20. The topological polar surface area (TPSA) is 107 Å². The fraction of sp³-hybridized carbons (Fsp3) is 0.278. The number of amides is 1. The second kappa shape index (κ2) is 7.01. The molecule has 2 atom stereocenters. The number of ether oxygens (including phenoxy) is 1. The summed E-state index contributed by atoms with van der Waals surface area (Å²) in [7, 11) is 0. The Morgan fingerprint density at radius 1 is 1.50 bits per heavy atom. The van der Waals surface area contributed by atoms with Gasteiger partial charge in [-0.15, -0.1) is 0 Å². The molecule has 146 valence electrons. The molecular weight excluding hydrogens is 379 g/mol. The van der Waals surface area contributed by atoms with Crippen molar-refractivity contribution in [3.05, 3.63) is 40.7 Å². The monoisotopic (exact) mass is 393 g/mol. The van der Waals surface area contributed by atoms with E-state index in [1.165, 1.54) is 25.1 Å². The zero-order valence-electron chi connectivity index (χ0n) is 14.4. The summed E-state index contributed by atoms with van der Waals surface area (Å²) in [5.74, 6) is 3.01. The van der Waals surface area contributed by atoms with Crippen LogP contribution in [0, 0.1) is 11.8 Å². The smallest absolute Gasteiger partial charge is 0.420 e. The van der Waals surface area contributed by atoms with E-state index in [4.69, 9.17) is 10.5 Å². The van der Waals surface area contributed by atoms with E-state index in [1.54, 1.807) is 0 Å². The van der Waals surface area contributed by atoms with E-state index < -0.39 is 35.4 Å². The second-order valence-corrected chi connectivity index (χ2v) is 6.13. The molecule has 1 amide bonds. The lowest BCUT2D eigenvalue weighted by atomic mass is 10.0. The zero-order valence-corrected chi connectivity index (χ0v) is 14.4. The molecule has 0 bridgehead atoms. The highest BCUT2D eigenvalue weighted by atomic mass is 19.4. The minimum Gasteiger partial charge on any atom is -0.491 e. The summed E-state index contributed by atoms with van der Waals surface area (Å²) in [6.07, 6.45) is -6.10. The third-order valence-corrected chi connectivity index (χ3v) is 4.07. The number of hydrogen-bond acceptors (Lipinski definition) is 5. The first-order valence-corrected chi connectivity index (χ1v) is 8.05. The number of nitrogens with zero attached hydrogens (tertiary/aromatic N) is 2. The van der Waals surface area contributed by atoms with Crippen LogP contribution in [0.5, 0.6) is 5.75 Å². The van der Waals surface area contributed by atoms with Gasteiger partial charge in [0.2, 0.25) is 0 Å². The Morgan fingerprint density at radius 3 is 2.82 bits per heavy atom. The van der Waals surface area contributed by atoms with Gasteiger partial charge in [-0.05, 0) is 18.2 Å². The van der Waals surface area contributed by atoms with Crippen molar-refractivity contribution in [1.29, 1.82) is 0 Å². The Balaban J connectivity index is 2.27. The molecule has 10 heteroatoms. The van der Waals surface area contributed by atoms with Crippen LogP contribution in [0.4, 0.5) is 13.2 Å². The van der Waals surface area contributed by atoms with Crippen molar-refractivity contribution < 1.29 is 32.6 Å². The number of primary amides is 1. The van der Waals surface area contributed by atoms with E-state index in [1.807, 2.05) is 0 Å². The summed E-state index contributed by atoms with van der Waals surface area (Å²) in [5.41, 5.74) is 3.22. The number of hydrogen-bond donors (Lipinski definition) is 2. The molecular formula is C18H14F3N3O4. The minimum absolute atomic E-state index is 0.0745. The first kappa shape index (κ1) is 19.4. The lowest BCUT2D eigenvalue weighted by Gasteiger charge is -2.13. The van der Waals surface area contributed by atoms with Crippen molar-refractivity contribution in [2.75, 3.05) is 6.61 Å². The largest absolute Gasteiger partial charge is 0.491 e. The van der Waals surface area contributed by atoms with E-state index in [0.29, 0.717) is 5.56 Å². The number of rotatable bonds is 2. The molecule has 7 nitrogen and oxygen atoms in total. The van der Waals surface area contributed by atoms with Gasteiger partial charge in [-0.25, -0.2) is 4.68 Å². The maximum Gasteiger partial charge on any atom is 0.420 e. The summed E-state index contributed by atoms with van der Waals surface area (Å²) in [5, 5.41) is 13.0. The fourth-order valence-electron chi connectivity index (χ4n) is 2.89. The Morgan fingerprint density at radius 2 is 2.21 bits per heavy atom. The van der Waals surface area contributed by atoms with Crippen LogP contribution >= 0.6 is 0 Å². The number of aromatic nitrogens is 2. The number of carbonyl (C=O) groups excluding carboxylic acids is 2. The van der Waals surface area contributed by atoms with Crippen molar-refractivity contribution >= 4 is 12.2 Å². The highest BCUT2D eigenvalue weighted by molar-refractivity contribution is 5.93. The van der Waals surface area contributed by atoms with Crippen LogP contribution in [0.1, 0.15) is 40.2 Å². The third-order valence-electron chi connectivity index (χ3n) is 4.07. The molecule has 0 radical (unpaired) electrons. The average molecular weight is 393 g/mol. The highest BCUT2D eigenvalue weighted by Gasteiger charge is 2.44. The number of benzene rings is 1. The SMILES string of the molecule is CC1COc2ccc(C#CC(O)C=O)cc2-n2nc(C(N)=O)c(C(F)(F)F)c21. The van der Waals surface area contributed by atoms with Crippen LogP contribution in [0.25, 0.3) is 5.69 Å². The van der Waals surface area contributed by atoms with Gasteiger partial charge in [0.15, 0.2) is 18.1 Å². The highest BCUT2D eigenvalue weighted by Crippen LogP contribution is 2.41. The Labute approximate surface area is 156 Å². The van der Waals surface area contributed by atoms with Gasteiger partial charge in [0.25, 0.3) is 5.91 Å².